The van der Waals surface area contributed by atoms with Crippen LogP contribution >= 0.6 is 0 Å². The number of unbranched alkanes of at least 4 members (excludes halogenated alkanes) is 7. The first kappa shape index (κ1) is 20.6. The fraction of sp³-hybridized carbons (Fsp3) is 0.682. The van der Waals surface area contributed by atoms with Crippen LogP contribution in [0.1, 0.15) is 77.7 Å². The van der Waals surface area contributed by atoms with Gasteiger partial charge in [-0.3, -0.25) is 0 Å². The number of nitrogens with zero attached hydrogens (tertiary/aromatic N) is 1. The van der Waals surface area contributed by atoms with Crippen LogP contribution < -0.4 is 4.74 Å². The van der Waals surface area contributed by atoms with Gasteiger partial charge in [0.2, 0.25) is 5.90 Å². The fourth-order valence-electron chi connectivity index (χ4n) is 3.09. The zero-order chi connectivity index (χ0) is 18.8. The highest BCUT2D eigenvalue weighted by Crippen LogP contribution is 2.27. The lowest BCUT2D eigenvalue weighted by Gasteiger charge is -2.09. The van der Waals surface area contributed by atoms with E-state index in [-0.39, 0.29) is 11.8 Å². The first-order chi connectivity index (χ1) is 12.6. The number of ether oxygens (including phenoxy) is 2. The van der Waals surface area contributed by atoms with Gasteiger partial charge < -0.3 is 14.6 Å². The minimum atomic E-state index is 0.168. The van der Waals surface area contributed by atoms with Crippen LogP contribution in [0.25, 0.3) is 0 Å². The van der Waals surface area contributed by atoms with E-state index < -0.39 is 0 Å². The van der Waals surface area contributed by atoms with Crippen molar-refractivity contribution in [3.05, 3.63) is 23.8 Å². The molecule has 1 aliphatic heterocycles. The van der Waals surface area contributed by atoms with Crippen molar-refractivity contribution in [1.82, 2.24) is 0 Å². The first-order valence-electron chi connectivity index (χ1n) is 10.3. The summed E-state index contributed by atoms with van der Waals surface area (Å²) in [6, 6.07) is 5.55. The maximum Gasteiger partial charge on any atom is 0.220 e. The predicted octanol–water partition coefficient (Wildman–Crippen LogP) is 5.71. The van der Waals surface area contributed by atoms with Crippen LogP contribution in [0.2, 0.25) is 0 Å². The van der Waals surface area contributed by atoms with E-state index in [1.54, 1.807) is 6.07 Å². The topological polar surface area (TPSA) is 51.0 Å². The fourth-order valence-corrected chi connectivity index (χ4v) is 3.09. The molecule has 26 heavy (non-hydrogen) atoms. The highest BCUT2D eigenvalue weighted by Gasteiger charge is 2.24. The zero-order valence-corrected chi connectivity index (χ0v) is 16.7. The van der Waals surface area contributed by atoms with Gasteiger partial charge in [-0.1, -0.05) is 65.7 Å². The van der Waals surface area contributed by atoms with Gasteiger partial charge in [0.1, 0.15) is 18.1 Å². The molecule has 2 rings (SSSR count). The molecule has 0 saturated carbocycles. The SMILES string of the molecule is CCCCCCCCCCOc1ccc(C2=NC(C(C)C)CO2)c(O)c1. The van der Waals surface area contributed by atoms with Crippen LogP contribution in [0.15, 0.2) is 23.2 Å². The van der Waals surface area contributed by atoms with E-state index in [4.69, 9.17) is 9.47 Å². The van der Waals surface area contributed by atoms with E-state index in [1.807, 2.05) is 12.1 Å². The Labute approximate surface area is 158 Å². The maximum atomic E-state index is 10.3. The van der Waals surface area contributed by atoms with E-state index in [9.17, 15) is 5.11 Å². The van der Waals surface area contributed by atoms with Crippen LogP contribution in [0.4, 0.5) is 0 Å². The lowest BCUT2D eigenvalue weighted by Crippen LogP contribution is -2.13. The lowest BCUT2D eigenvalue weighted by atomic mass is 10.1. The minimum absolute atomic E-state index is 0.168. The number of hydrogen-bond acceptors (Lipinski definition) is 4. The number of phenols is 1. The Bertz CT molecular complexity index is 569. The Kier molecular flexibility index (Phi) is 8.79. The van der Waals surface area contributed by atoms with Crippen molar-refractivity contribution in [3.63, 3.8) is 0 Å². The monoisotopic (exact) mass is 361 g/mol. The molecule has 0 saturated heterocycles. The molecule has 1 unspecified atom stereocenters. The van der Waals surface area contributed by atoms with Crippen LogP contribution in [-0.2, 0) is 4.74 Å². The van der Waals surface area contributed by atoms with Crippen molar-refractivity contribution in [2.75, 3.05) is 13.2 Å². The van der Waals surface area contributed by atoms with Crippen molar-refractivity contribution in [2.24, 2.45) is 10.9 Å². The second-order valence-electron chi connectivity index (χ2n) is 7.56. The van der Waals surface area contributed by atoms with Gasteiger partial charge in [-0.2, -0.15) is 0 Å². The van der Waals surface area contributed by atoms with Gasteiger partial charge >= 0.3 is 0 Å². The van der Waals surface area contributed by atoms with E-state index in [2.05, 4.69) is 25.8 Å². The third kappa shape index (κ3) is 6.54. The van der Waals surface area contributed by atoms with Gasteiger partial charge in [0.15, 0.2) is 0 Å². The van der Waals surface area contributed by atoms with Crippen LogP contribution in [0.5, 0.6) is 11.5 Å². The van der Waals surface area contributed by atoms with Gasteiger partial charge in [-0.25, -0.2) is 4.99 Å². The van der Waals surface area contributed by atoms with Crippen molar-refractivity contribution >= 4 is 5.90 Å². The third-order valence-electron chi connectivity index (χ3n) is 4.91. The summed E-state index contributed by atoms with van der Waals surface area (Å²) in [5.41, 5.74) is 0.646. The molecule has 1 aliphatic rings. The van der Waals surface area contributed by atoms with Crippen molar-refractivity contribution in [1.29, 1.82) is 0 Å². The zero-order valence-electron chi connectivity index (χ0n) is 16.7. The van der Waals surface area contributed by atoms with Gasteiger partial charge in [0, 0.05) is 6.07 Å². The second kappa shape index (κ2) is 11.1. The first-order valence-corrected chi connectivity index (χ1v) is 10.3. The Morgan fingerprint density at radius 2 is 1.81 bits per heavy atom. The largest absolute Gasteiger partial charge is 0.507 e. The normalized spacial score (nSPS) is 16.6. The van der Waals surface area contributed by atoms with Gasteiger partial charge in [0.05, 0.1) is 18.2 Å². The molecule has 1 heterocycles. The Morgan fingerprint density at radius 1 is 1.12 bits per heavy atom. The summed E-state index contributed by atoms with van der Waals surface area (Å²) in [6.07, 6.45) is 10.3. The summed E-state index contributed by atoms with van der Waals surface area (Å²) in [5.74, 6) is 1.84. The highest BCUT2D eigenvalue weighted by atomic mass is 16.5. The Morgan fingerprint density at radius 3 is 2.42 bits per heavy atom. The number of aliphatic imine (C=N–C) groups is 1. The maximum absolute atomic E-state index is 10.3. The van der Waals surface area contributed by atoms with E-state index in [0.29, 0.717) is 36.3 Å². The molecule has 1 aromatic carbocycles. The molecule has 4 nitrogen and oxygen atoms in total. The number of benzene rings is 1. The molecule has 0 spiro atoms. The molecular weight excluding hydrogens is 326 g/mol. The summed E-state index contributed by atoms with van der Waals surface area (Å²) in [5, 5.41) is 10.3. The van der Waals surface area contributed by atoms with E-state index >= 15 is 0 Å². The molecule has 0 bridgehead atoms. The lowest BCUT2D eigenvalue weighted by molar-refractivity contribution is 0.290. The Balaban J connectivity index is 1.70. The van der Waals surface area contributed by atoms with Crippen molar-refractivity contribution in [2.45, 2.75) is 78.2 Å². The van der Waals surface area contributed by atoms with Gasteiger partial charge in [0.25, 0.3) is 0 Å². The molecular formula is C22H35NO3. The molecule has 0 radical (unpaired) electrons. The quantitative estimate of drug-likeness (QED) is 0.485. The molecule has 4 heteroatoms. The molecule has 0 fully saturated rings. The molecule has 1 aromatic rings. The predicted molar refractivity (Wildman–Crippen MR) is 107 cm³/mol. The molecule has 146 valence electrons. The average molecular weight is 362 g/mol. The van der Waals surface area contributed by atoms with Gasteiger partial charge in [-0.15, -0.1) is 0 Å². The minimum Gasteiger partial charge on any atom is -0.507 e. The number of hydrogen-bond donors (Lipinski definition) is 1. The smallest absolute Gasteiger partial charge is 0.220 e. The van der Waals surface area contributed by atoms with Gasteiger partial charge in [-0.05, 0) is 24.5 Å². The van der Waals surface area contributed by atoms with E-state index in [0.717, 1.165) is 6.42 Å². The Hall–Kier alpha value is -1.71. The van der Waals surface area contributed by atoms with Crippen LogP contribution in [0, 0.1) is 5.92 Å². The number of rotatable bonds is 12. The average Bonchev–Trinajstić information content (AvgIpc) is 3.10. The molecule has 0 aromatic heterocycles. The number of phenolic OH excluding ortho intramolecular Hbond substituents is 1. The van der Waals surface area contributed by atoms with Crippen LogP contribution in [0.3, 0.4) is 0 Å². The summed E-state index contributed by atoms with van der Waals surface area (Å²) < 4.78 is 11.4. The highest BCUT2D eigenvalue weighted by molar-refractivity contribution is 5.97. The van der Waals surface area contributed by atoms with Crippen molar-refractivity contribution in [3.8, 4) is 11.5 Å². The van der Waals surface area contributed by atoms with Crippen molar-refractivity contribution < 1.29 is 14.6 Å². The molecule has 1 N–H and O–H groups in total. The van der Waals surface area contributed by atoms with E-state index in [1.165, 1.54) is 44.9 Å². The van der Waals surface area contributed by atoms with Crippen LogP contribution in [-0.4, -0.2) is 30.3 Å². The number of aromatic hydroxyl groups is 1. The summed E-state index contributed by atoms with van der Waals surface area (Å²) >= 11 is 0. The summed E-state index contributed by atoms with van der Waals surface area (Å²) in [7, 11) is 0. The molecule has 1 atom stereocenters. The summed E-state index contributed by atoms with van der Waals surface area (Å²) in [4.78, 5) is 4.56. The standard InChI is InChI=1S/C22H35NO3/c1-4-5-6-7-8-9-10-11-14-25-18-12-13-19(21(24)15-18)22-23-20(16-26-22)17(2)3/h12-13,15,17,20,24H,4-11,14,16H2,1-3H3. The third-order valence-corrected chi connectivity index (χ3v) is 4.91. The second-order valence-corrected chi connectivity index (χ2v) is 7.56. The molecule has 0 amide bonds. The molecule has 0 aliphatic carbocycles. The summed E-state index contributed by atoms with van der Waals surface area (Å²) in [6.45, 7) is 7.78.